The quantitative estimate of drug-likeness (QED) is 0.439. The standard InChI is InChI=1S/H5NOP2/c1-4(2)3/h4H,3H2,(H2,1,2). The molecular formula is H5NOP2. The van der Waals surface area contributed by atoms with Crippen LogP contribution in [0.1, 0.15) is 0 Å². The highest BCUT2D eigenvalue weighted by atomic mass is 32.0. The van der Waals surface area contributed by atoms with Crippen LogP contribution in [0.2, 0.25) is 0 Å². The average molecular weight is 97.0 g/mol. The SMILES string of the molecule is N[PH](=O)P. The van der Waals surface area contributed by atoms with Gasteiger partial charge in [0.25, 0.3) is 0 Å². The number of rotatable bonds is 0. The Kier molecular flexibility index (Phi) is 2.19. The van der Waals surface area contributed by atoms with Crippen LogP contribution in [0.15, 0.2) is 0 Å². The minimum absolute atomic E-state index is 1.71. The average Bonchev–Trinajstić information content (AvgIpc) is 0.811. The molecule has 4 heteroatoms. The highest BCUT2D eigenvalue weighted by Gasteiger charge is 1.57. The van der Waals surface area contributed by atoms with E-state index in [2.05, 4.69) is 5.50 Å². The molecule has 0 fully saturated rings. The Bertz CT molecular complexity index is 29.0. The van der Waals surface area contributed by atoms with Gasteiger partial charge >= 0.3 is 0 Å². The summed E-state index contributed by atoms with van der Waals surface area (Å²) in [7, 11) is 0.269. The molecule has 0 bridgehead atoms. The van der Waals surface area contributed by atoms with Crippen LogP contribution in [0, 0.1) is 0 Å². The van der Waals surface area contributed by atoms with E-state index in [1.54, 1.807) is 0 Å². The lowest BCUT2D eigenvalue weighted by Crippen LogP contribution is -1.60. The summed E-state index contributed by atoms with van der Waals surface area (Å²) in [5.41, 5.74) is 4.62. The molecule has 26 valence electrons. The maximum Gasteiger partial charge on any atom is 0.147 e. The lowest BCUT2D eigenvalue weighted by molar-refractivity contribution is 0.597. The fourth-order valence-corrected chi connectivity index (χ4v) is 0. The third-order valence-corrected chi connectivity index (χ3v) is 0. The summed E-state index contributed by atoms with van der Waals surface area (Å²) in [6.45, 7) is 0. The second-order valence-corrected chi connectivity index (χ2v) is 2.91. The van der Waals surface area contributed by atoms with E-state index in [-0.39, 0.29) is 0 Å². The second-order valence-electron chi connectivity index (χ2n) is 0.402. The normalized spacial score (nSPS) is 15.5. The third kappa shape index (κ3) is 17.9. The zero-order chi connectivity index (χ0) is 3.58. The van der Waals surface area contributed by atoms with Crippen molar-refractivity contribution >= 4 is 16.6 Å². The van der Waals surface area contributed by atoms with Crippen LogP contribution >= 0.6 is 16.6 Å². The Balaban J connectivity index is 2.80. The fraction of sp³-hybridized carbons (Fsp3) is 0. The molecule has 2 atom stereocenters. The van der Waals surface area contributed by atoms with Crippen molar-refractivity contribution in [3.63, 3.8) is 0 Å². The van der Waals surface area contributed by atoms with Gasteiger partial charge in [0.2, 0.25) is 0 Å². The molecule has 0 amide bonds. The maximum atomic E-state index is 9.37. The Labute approximate surface area is 27.7 Å². The van der Waals surface area contributed by atoms with Crippen molar-refractivity contribution in [1.82, 2.24) is 0 Å². The second kappa shape index (κ2) is 1.90. The Morgan fingerprint density at radius 2 is 2.00 bits per heavy atom. The number of nitrogens with two attached hydrogens (primary N) is 1. The number of hydrogen-bond donors (Lipinski definition) is 1. The molecule has 0 aromatic carbocycles. The molecule has 0 aromatic rings. The van der Waals surface area contributed by atoms with Crippen molar-refractivity contribution in [2.45, 2.75) is 0 Å². The molecule has 0 saturated carbocycles. The van der Waals surface area contributed by atoms with Crippen molar-refractivity contribution in [3.05, 3.63) is 0 Å². The van der Waals surface area contributed by atoms with Crippen molar-refractivity contribution in [2.24, 2.45) is 5.50 Å². The monoisotopic (exact) mass is 97.0 g/mol. The Morgan fingerprint density at radius 3 is 2.00 bits per heavy atom. The van der Waals surface area contributed by atoms with Crippen LogP contribution in [0.25, 0.3) is 0 Å². The van der Waals surface area contributed by atoms with E-state index in [1.165, 1.54) is 0 Å². The van der Waals surface area contributed by atoms with Crippen LogP contribution < -0.4 is 5.50 Å². The van der Waals surface area contributed by atoms with Gasteiger partial charge in [0.05, 0.1) is 0 Å². The lowest BCUT2D eigenvalue weighted by Gasteiger charge is -1.62. The first-order valence-corrected chi connectivity index (χ1v) is 4.08. The minimum Gasteiger partial charge on any atom is -0.306 e. The molecule has 0 spiro atoms. The van der Waals surface area contributed by atoms with Gasteiger partial charge in [0, 0.05) is 0 Å². The molecule has 0 radical (unpaired) electrons. The van der Waals surface area contributed by atoms with Crippen LogP contribution in [0.3, 0.4) is 0 Å². The zero-order valence-corrected chi connectivity index (χ0v) is 4.22. The van der Waals surface area contributed by atoms with E-state index in [0.29, 0.717) is 0 Å². The largest absolute Gasteiger partial charge is 0.306 e. The molecule has 0 aliphatic rings. The van der Waals surface area contributed by atoms with Crippen molar-refractivity contribution in [2.75, 3.05) is 0 Å². The van der Waals surface area contributed by atoms with Gasteiger partial charge in [0.15, 0.2) is 0 Å². The van der Waals surface area contributed by atoms with Gasteiger partial charge in [-0.05, 0) is 0 Å². The first-order chi connectivity index (χ1) is 1.73. The molecule has 4 heavy (non-hydrogen) atoms. The maximum absolute atomic E-state index is 9.37. The first-order valence-electron chi connectivity index (χ1n) is 0.781. The summed E-state index contributed by atoms with van der Waals surface area (Å²) < 4.78 is 9.37. The summed E-state index contributed by atoms with van der Waals surface area (Å²) in [5, 5.41) is 0. The van der Waals surface area contributed by atoms with Crippen molar-refractivity contribution in [3.8, 4) is 0 Å². The van der Waals surface area contributed by atoms with Gasteiger partial charge in [0.1, 0.15) is 7.64 Å². The highest BCUT2D eigenvalue weighted by molar-refractivity contribution is 8.05. The molecule has 2 unspecified atom stereocenters. The van der Waals surface area contributed by atoms with Crippen molar-refractivity contribution in [1.29, 1.82) is 0 Å². The summed E-state index contributed by atoms with van der Waals surface area (Å²) in [4.78, 5) is 0. The summed E-state index contributed by atoms with van der Waals surface area (Å²) in [6.07, 6.45) is 0. The van der Waals surface area contributed by atoms with E-state index in [0.717, 1.165) is 0 Å². The summed E-state index contributed by atoms with van der Waals surface area (Å²) in [5.74, 6) is 0. The Morgan fingerprint density at radius 1 is 2.00 bits per heavy atom. The molecule has 0 heterocycles. The topological polar surface area (TPSA) is 43.1 Å². The molecule has 0 saturated heterocycles. The van der Waals surface area contributed by atoms with Gasteiger partial charge in [-0.3, -0.25) is 5.50 Å². The first kappa shape index (κ1) is 4.62. The van der Waals surface area contributed by atoms with Crippen LogP contribution in [-0.4, -0.2) is 0 Å². The van der Waals surface area contributed by atoms with Gasteiger partial charge in [-0.2, -0.15) is 0 Å². The molecule has 0 rings (SSSR count). The van der Waals surface area contributed by atoms with Crippen LogP contribution in [-0.2, 0) is 4.57 Å². The summed E-state index contributed by atoms with van der Waals surface area (Å²) >= 11 is 0. The number of hydrogen-bond acceptors (Lipinski definition) is 1. The molecule has 0 aliphatic carbocycles. The van der Waals surface area contributed by atoms with E-state index >= 15 is 0 Å². The molecule has 0 aliphatic heterocycles. The molecule has 2 nitrogen and oxygen atoms in total. The van der Waals surface area contributed by atoms with Gasteiger partial charge in [-0.25, -0.2) is 0 Å². The lowest BCUT2D eigenvalue weighted by atomic mass is 13.9. The molecular weight excluding hydrogens is 92.0 g/mol. The smallest absolute Gasteiger partial charge is 0.147 e. The van der Waals surface area contributed by atoms with E-state index in [4.69, 9.17) is 0 Å². The highest BCUT2D eigenvalue weighted by Crippen LogP contribution is 2.16. The Hall–Kier alpha value is 0.620. The fourth-order valence-electron chi connectivity index (χ4n) is 0. The summed E-state index contributed by atoms with van der Waals surface area (Å²) in [6, 6.07) is 0. The van der Waals surface area contributed by atoms with E-state index in [1.807, 2.05) is 8.93 Å². The predicted octanol–water partition coefficient (Wildman–Crippen LogP) is 0.210. The predicted molar refractivity (Wildman–Crippen MR) is 22.9 cm³/mol. The van der Waals surface area contributed by atoms with Gasteiger partial charge in [-0.1, -0.05) is 8.93 Å². The van der Waals surface area contributed by atoms with Crippen LogP contribution in [0.4, 0.5) is 0 Å². The minimum atomic E-state index is -1.71. The van der Waals surface area contributed by atoms with Gasteiger partial charge in [-0.15, -0.1) is 0 Å². The zero-order valence-electron chi connectivity index (χ0n) is 2.06. The van der Waals surface area contributed by atoms with Crippen molar-refractivity contribution < 1.29 is 4.57 Å². The third-order valence-electron chi connectivity index (χ3n) is 0. The molecule has 0 aromatic heterocycles. The molecule has 2 N–H and O–H groups in total. The van der Waals surface area contributed by atoms with Gasteiger partial charge < -0.3 is 4.57 Å². The van der Waals surface area contributed by atoms with E-state index in [9.17, 15) is 4.57 Å². The van der Waals surface area contributed by atoms with Crippen LogP contribution in [0.5, 0.6) is 0 Å². The van der Waals surface area contributed by atoms with E-state index < -0.39 is 7.64 Å².